The van der Waals surface area contributed by atoms with Crippen molar-refractivity contribution in [3.05, 3.63) is 57.5 Å². The Kier molecular flexibility index (Phi) is 8.30. The second-order valence-electron chi connectivity index (χ2n) is 5.86. The van der Waals surface area contributed by atoms with Gasteiger partial charge in [-0.2, -0.15) is 4.31 Å². The van der Waals surface area contributed by atoms with E-state index in [1.54, 1.807) is 50.2 Å². The topological polar surface area (TPSA) is 75.7 Å². The summed E-state index contributed by atoms with van der Waals surface area (Å²) in [5.41, 5.74) is 0.870. The number of hydrogen-bond acceptors (Lipinski definition) is 4. The third-order valence-electron chi connectivity index (χ3n) is 3.90. The highest BCUT2D eigenvalue weighted by atomic mass is 79.9. The van der Waals surface area contributed by atoms with Gasteiger partial charge in [-0.1, -0.05) is 46.6 Å². The van der Waals surface area contributed by atoms with Gasteiger partial charge in [0.25, 0.3) is 0 Å². The van der Waals surface area contributed by atoms with Crippen LogP contribution in [0.2, 0.25) is 5.02 Å². The van der Waals surface area contributed by atoms with E-state index >= 15 is 0 Å². The van der Waals surface area contributed by atoms with Crippen LogP contribution in [0, 0.1) is 0 Å². The average molecular weight is 490 g/mol. The fourth-order valence-corrected chi connectivity index (χ4v) is 4.68. The van der Waals surface area contributed by atoms with E-state index in [0.29, 0.717) is 16.1 Å². The number of carbonyl (C=O) groups excluding carboxylic acids is 1. The van der Waals surface area contributed by atoms with Crippen molar-refractivity contribution < 1.29 is 17.9 Å². The average Bonchev–Trinajstić information content (AvgIpc) is 2.67. The van der Waals surface area contributed by atoms with E-state index in [9.17, 15) is 13.2 Å². The summed E-state index contributed by atoms with van der Waals surface area (Å²) >= 11 is 9.13. The van der Waals surface area contributed by atoms with Gasteiger partial charge in [0.1, 0.15) is 10.6 Å². The Morgan fingerprint density at radius 3 is 2.46 bits per heavy atom. The van der Waals surface area contributed by atoms with Crippen LogP contribution in [0.1, 0.15) is 19.4 Å². The Morgan fingerprint density at radius 1 is 1.18 bits per heavy atom. The number of sulfonamides is 1. The number of likely N-dealkylation sites (N-methyl/N-ethyl adjacent to an activating group) is 1. The van der Waals surface area contributed by atoms with E-state index in [1.165, 1.54) is 6.07 Å². The summed E-state index contributed by atoms with van der Waals surface area (Å²) in [5.74, 6) is -0.140. The summed E-state index contributed by atoms with van der Waals surface area (Å²) in [7, 11) is -3.91. The molecule has 0 aromatic heterocycles. The monoisotopic (exact) mass is 488 g/mol. The van der Waals surface area contributed by atoms with Crippen LogP contribution >= 0.6 is 27.5 Å². The maximum absolute atomic E-state index is 13.1. The maximum Gasteiger partial charge on any atom is 0.247 e. The third kappa shape index (κ3) is 5.94. The number of nitrogens with zero attached hydrogens (tertiary/aromatic N) is 1. The van der Waals surface area contributed by atoms with E-state index < -0.39 is 15.9 Å². The Morgan fingerprint density at radius 2 is 1.86 bits per heavy atom. The first-order valence-electron chi connectivity index (χ1n) is 8.71. The van der Waals surface area contributed by atoms with E-state index in [0.717, 1.165) is 9.87 Å². The first-order chi connectivity index (χ1) is 13.3. The first kappa shape index (κ1) is 22.7. The molecule has 2 rings (SSSR count). The van der Waals surface area contributed by atoms with Crippen LogP contribution in [0.25, 0.3) is 0 Å². The number of carbonyl (C=O) groups is 1. The number of hydrogen-bond donors (Lipinski definition) is 1. The lowest BCUT2D eigenvalue weighted by Crippen LogP contribution is -2.40. The molecule has 9 heteroatoms. The van der Waals surface area contributed by atoms with Crippen molar-refractivity contribution in [3.8, 4) is 5.75 Å². The molecule has 0 saturated carbocycles. The van der Waals surface area contributed by atoms with Gasteiger partial charge in [-0.15, -0.1) is 0 Å². The van der Waals surface area contributed by atoms with Gasteiger partial charge in [0.05, 0.1) is 13.2 Å². The molecule has 0 unspecified atom stereocenters. The number of ether oxygens (including phenoxy) is 1. The third-order valence-corrected chi connectivity index (χ3v) is 6.59. The van der Waals surface area contributed by atoms with Crippen molar-refractivity contribution >= 4 is 43.5 Å². The second kappa shape index (κ2) is 10.2. The molecular formula is C19H22BrClN2O4S. The molecule has 2 aromatic carbocycles. The molecule has 0 radical (unpaired) electrons. The maximum atomic E-state index is 13.1. The largest absolute Gasteiger partial charge is 0.492 e. The summed E-state index contributed by atoms with van der Waals surface area (Å²) < 4.78 is 33.4. The highest BCUT2D eigenvalue weighted by Gasteiger charge is 2.28. The van der Waals surface area contributed by atoms with E-state index in [-0.39, 0.29) is 30.3 Å². The highest BCUT2D eigenvalue weighted by Crippen LogP contribution is 2.30. The van der Waals surface area contributed by atoms with Crippen LogP contribution in [0.3, 0.4) is 0 Å². The number of nitrogens with one attached hydrogen (secondary N) is 1. The van der Waals surface area contributed by atoms with Crippen LogP contribution in [0.4, 0.5) is 0 Å². The van der Waals surface area contributed by atoms with Gasteiger partial charge < -0.3 is 10.1 Å². The van der Waals surface area contributed by atoms with Gasteiger partial charge >= 0.3 is 0 Å². The summed E-state index contributed by atoms with van der Waals surface area (Å²) in [6.07, 6.45) is 0. The lowest BCUT2D eigenvalue weighted by atomic mass is 10.2. The standard InChI is InChI=1S/C19H22BrClN2O4S/c1-3-23(13-19(24)22-12-14-5-8-16(21)9-6-14)28(25,26)18-11-15(20)7-10-17(18)27-4-2/h5-11H,3-4,12-13H2,1-2H3,(H,22,24). The summed E-state index contributed by atoms with van der Waals surface area (Å²) in [5, 5.41) is 3.34. The number of amides is 1. The summed E-state index contributed by atoms with van der Waals surface area (Å²) in [6, 6.07) is 11.8. The Labute approximate surface area is 179 Å². The van der Waals surface area contributed by atoms with Gasteiger partial charge in [0.2, 0.25) is 15.9 Å². The van der Waals surface area contributed by atoms with Crippen molar-refractivity contribution in [2.24, 2.45) is 0 Å². The molecule has 152 valence electrons. The Bertz CT molecular complexity index is 920. The van der Waals surface area contributed by atoms with Gasteiger partial charge in [-0.3, -0.25) is 4.79 Å². The molecule has 0 spiro atoms. The van der Waals surface area contributed by atoms with Crippen molar-refractivity contribution in [1.82, 2.24) is 9.62 Å². The summed E-state index contributed by atoms with van der Waals surface area (Å²) in [4.78, 5) is 12.3. The van der Waals surface area contributed by atoms with Crippen molar-refractivity contribution in [1.29, 1.82) is 0 Å². The quantitative estimate of drug-likeness (QED) is 0.581. The van der Waals surface area contributed by atoms with Crippen LogP contribution < -0.4 is 10.1 Å². The molecule has 1 N–H and O–H groups in total. The minimum atomic E-state index is -3.91. The molecule has 0 aliphatic rings. The molecule has 2 aromatic rings. The number of benzene rings is 2. The van der Waals surface area contributed by atoms with E-state index in [1.807, 2.05) is 0 Å². The lowest BCUT2D eigenvalue weighted by Gasteiger charge is -2.21. The number of halogens is 2. The van der Waals surface area contributed by atoms with Gasteiger partial charge in [0, 0.05) is 22.6 Å². The molecular weight excluding hydrogens is 468 g/mol. The normalized spacial score (nSPS) is 11.5. The van der Waals surface area contributed by atoms with E-state index in [4.69, 9.17) is 16.3 Å². The lowest BCUT2D eigenvalue weighted by molar-refractivity contribution is -0.121. The number of rotatable bonds is 9. The van der Waals surface area contributed by atoms with Crippen molar-refractivity contribution in [2.75, 3.05) is 19.7 Å². The second-order valence-corrected chi connectivity index (χ2v) is 9.12. The fraction of sp³-hybridized carbons (Fsp3) is 0.316. The highest BCUT2D eigenvalue weighted by molar-refractivity contribution is 9.10. The molecule has 28 heavy (non-hydrogen) atoms. The Balaban J connectivity index is 2.13. The van der Waals surface area contributed by atoms with Crippen LogP contribution in [-0.4, -0.2) is 38.3 Å². The minimum absolute atomic E-state index is 0.0241. The zero-order chi connectivity index (χ0) is 20.7. The first-order valence-corrected chi connectivity index (χ1v) is 11.3. The predicted molar refractivity (Wildman–Crippen MR) is 113 cm³/mol. The zero-order valence-corrected chi connectivity index (χ0v) is 18.8. The molecule has 6 nitrogen and oxygen atoms in total. The minimum Gasteiger partial charge on any atom is -0.492 e. The van der Waals surface area contributed by atoms with E-state index in [2.05, 4.69) is 21.2 Å². The van der Waals surface area contributed by atoms with Crippen LogP contribution in [0.15, 0.2) is 51.8 Å². The van der Waals surface area contributed by atoms with Crippen LogP contribution in [0.5, 0.6) is 5.75 Å². The fourth-order valence-electron chi connectivity index (χ4n) is 2.48. The SMILES string of the molecule is CCOc1ccc(Br)cc1S(=O)(=O)N(CC)CC(=O)NCc1ccc(Cl)cc1. The molecule has 0 saturated heterocycles. The van der Waals surface area contributed by atoms with Gasteiger partial charge in [-0.25, -0.2) is 8.42 Å². The molecule has 0 fully saturated rings. The molecule has 0 aliphatic heterocycles. The van der Waals surface area contributed by atoms with Gasteiger partial charge in [0.15, 0.2) is 0 Å². The molecule has 1 amide bonds. The smallest absolute Gasteiger partial charge is 0.247 e. The molecule has 0 atom stereocenters. The molecule has 0 bridgehead atoms. The van der Waals surface area contributed by atoms with Crippen molar-refractivity contribution in [2.45, 2.75) is 25.3 Å². The molecule has 0 aliphatic carbocycles. The Hall–Kier alpha value is -1.61. The predicted octanol–water partition coefficient (Wildman–Crippen LogP) is 3.83. The summed E-state index contributed by atoms with van der Waals surface area (Å²) in [6.45, 7) is 3.94. The zero-order valence-electron chi connectivity index (χ0n) is 15.6. The molecule has 0 heterocycles. The van der Waals surface area contributed by atoms with Gasteiger partial charge in [-0.05, 0) is 42.8 Å². The van der Waals surface area contributed by atoms with Crippen molar-refractivity contribution in [3.63, 3.8) is 0 Å². The van der Waals surface area contributed by atoms with Crippen LogP contribution in [-0.2, 0) is 21.4 Å².